The van der Waals surface area contributed by atoms with Crippen molar-refractivity contribution in [2.75, 3.05) is 32.2 Å². The maximum absolute atomic E-state index is 13.1. The maximum Gasteiger partial charge on any atom is 0.475 e. The average molecular weight is 397 g/mol. The summed E-state index contributed by atoms with van der Waals surface area (Å²) in [7, 11) is -3.70. The Morgan fingerprint density at radius 2 is 1.68 bits per heavy atom. The van der Waals surface area contributed by atoms with Crippen LogP contribution in [0.5, 0.6) is 0 Å². The lowest BCUT2D eigenvalue weighted by Crippen LogP contribution is -2.47. The van der Waals surface area contributed by atoms with Crippen molar-refractivity contribution in [3.8, 4) is 0 Å². The van der Waals surface area contributed by atoms with Crippen LogP contribution in [0.3, 0.4) is 0 Å². The van der Waals surface area contributed by atoms with Gasteiger partial charge in [0.05, 0.1) is 38.1 Å². The van der Waals surface area contributed by atoms with E-state index in [1.807, 2.05) is 34.6 Å². The largest absolute Gasteiger partial charge is 0.790 e. The first kappa shape index (κ1) is 23.4. The summed E-state index contributed by atoms with van der Waals surface area (Å²) < 4.78 is 40.9. The van der Waals surface area contributed by atoms with Crippen LogP contribution in [-0.2, 0) is 40.2 Å². The molecule has 4 atom stereocenters. The standard InChI is InChI=1S/C17H35O6PS/c1-12(2)17(13(3)4)23-24(18,20-8-7-19-9-10-25)21-11-16-14(5)15(6)22-16/h12-17,25H,7-11H2,1-6H3/p-1/t14?,15?,16-,24?/m1/s1. The predicted molar refractivity (Wildman–Crippen MR) is 101 cm³/mol. The smallest absolute Gasteiger partial charge is 0.475 e. The Bertz CT molecular complexity index is 412. The lowest BCUT2D eigenvalue weighted by atomic mass is 9.93. The summed E-state index contributed by atoms with van der Waals surface area (Å²) in [6, 6.07) is 0. The monoisotopic (exact) mass is 397 g/mol. The number of phosphoric acid groups is 1. The highest BCUT2D eigenvalue weighted by molar-refractivity contribution is 7.58. The molecule has 0 radical (unpaired) electrons. The number of hydrogen-bond donors (Lipinski definition) is 0. The van der Waals surface area contributed by atoms with Crippen molar-refractivity contribution in [2.45, 2.75) is 59.9 Å². The van der Waals surface area contributed by atoms with Crippen molar-refractivity contribution >= 4 is 20.5 Å². The summed E-state index contributed by atoms with van der Waals surface area (Å²) in [6.07, 6.45) is -0.109. The zero-order chi connectivity index (χ0) is 19.0. The van der Waals surface area contributed by atoms with Gasteiger partial charge in [0.25, 0.3) is 0 Å². The van der Waals surface area contributed by atoms with E-state index in [9.17, 15) is 4.57 Å². The van der Waals surface area contributed by atoms with Gasteiger partial charge in [0.1, 0.15) is 0 Å². The first-order valence-electron chi connectivity index (χ1n) is 9.09. The first-order valence-corrected chi connectivity index (χ1v) is 11.1. The maximum atomic E-state index is 13.1. The second-order valence-electron chi connectivity index (χ2n) is 7.19. The Balaban J connectivity index is 2.62. The molecule has 1 fully saturated rings. The quantitative estimate of drug-likeness (QED) is 0.266. The van der Waals surface area contributed by atoms with Crippen molar-refractivity contribution in [1.82, 2.24) is 0 Å². The van der Waals surface area contributed by atoms with Gasteiger partial charge in [0.15, 0.2) is 0 Å². The minimum Gasteiger partial charge on any atom is -0.790 e. The van der Waals surface area contributed by atoms with Crippen molar-refractivity contribution in [1.29, 1.82) is 0 Å². The molecule has 0 aliphatic carbocycles. The Labute approximate surface area is 158 Å². The third kappa shape index (κ3) is 7.87. The highest BCUT2D eigenvalue weighted by Gasteiger charge is 2.40. The summed E-state index contributed by atoms with van der Waals surface area (Å²) in [5.74, 6) is 1.25. The van der Waals surface area contributed by atoms with Crippen molar-refractivity contribution in [3.63, 3.8) is 0 Å². The number of hydrogen-bond acceptors (Lipinski definition) is 7. The summed E-state index contributed by atoms with van der Waals surface area (Å²) in [5.41, 5.74) is 0. The van der Waals surface area contributed by atoms with Crippen LogP contribution in [0.1, 0.15) is 41.5 Å². The third-order valence-electron chi connectivity index (χ3n) is 4.38. The zero-order valence-electron chi connectivity index (χ0n) is 16.3. The van der Waals surface area contributed by atoms with E-state index in [0.717, 1.165) is 0 Å². The second-order valence-corrected chi connectivity index (χ2v) is 9.22. The van der Waals surface area contributed by atoms with Gasteiger partial charge in [-0.3, -0.25) is 13.6 Å². The number of phosphoric ester groups is 1. The fourth-order valence-electron chi connectivity index (χ4n) is 2.72. The Morgan fingerprint density at radius 1 is 1.04 bits per heavy atom. The molecule has 0 N–H and O–H groups in total. The van der Waals surface area contributed by atoms with Crippen LogP contribution >= 0.6 is 7.82 Å². The zero-order valence-corrected chi connectivity index (χ0v) is 18.0. The van der Waals surface area contributed by atoms with Crippen LogP contribution in [0.4, 0.5) is 0 Å². The molecule has 0 aromatic rings. The van der Waals surface area contributed by atoms with Crippen LogP contribution in [0.15, 0.2) is 0 Å². The molecule has 3 unspecified atom stereocenters. The molecule has 8 heteroatoms. The van der Waals surface area contributed by atoms with Crippen LogP contribution in [0, 0.1) is 17.8 Å². The number of ether oxygens (including phenoxy) is 2. The van der Waals surface area contributed by atoms with Gasteiger partial charge in [-0.25, -0.2) is 4.57 Å². The van der Waals surface area contributed by atoms with E-state index in [-0.39, 0.29) is 43.4 Å². The van der Waals surface area contributed by atoms with Gasteiger partial charge < -0.3 is 22.1 Å². The Kier molecular flexibility index (Phi) is 10.6. The fourth-order valence-corrected chi connectivity index (χ4v) is 4.45. The van der Waals surface area contributed by atoms with E-state index in [1.54, 1.807) is 0 Å². The molecular weight excluding hydrogens is 363 g/mol. The molecule has 0 aromatic heterocycles. The molecule has 1 aliphatic heterocycles. The molecule has 1 aliphatic rings. The van der Waals surface area contributed by atoms with Crippen LogP contribution in [0.25, 0.3) is 0 Å². The first-order chi connectivity index (χ1) is 11.7. The molecule has 0 spiro atoms. The highest BCUT2D eigenvalue weighted by Crippen LogP contribution is 2.53. The molecule has 0 bridgehead atoms. The minimum atomic E-state index is -3.70. The SMILES string of the molecule is CC(C)C(OP(=O)(OCCOCC[S-])OC[C@H]1OC(C)C1C)C(C)C. The molecule has 6 nitrogen and oxygen atoms in total. The third-order valence-corrected chi connectivity index (χ3v) is 6.02. The molecule has 150 valence electrons. The molecular formula is C17H34O6PS-. The lowest BCUT2D eigenvalue weighted by Gasteiger charge is -2.41. The molecule has 1 rings (SSSR count). The van der Waals surface area contributed by atoms with Gasteiger partial charge in [-0.2, -0.15) is 5.75 Å². The van der Waals surface area contributed by atoms with E-state index in [4.69, 9.17) is 35.7 Å². The average Bonchev–Trinajstić information content (AvgIpc) is 2.55. The predicted octanol–water partition coefficient (Wildman–Crippen LogP) is 3.81. The van der Waals surface area contributed by atoms with Gasteiger partial charge in [0, 0.05) is 12.5 Å². The number of rotatable bonds is 13. The molecule has 0 aromatic carbocycles. The van der Waals surface area contributed by atoms with E-state index >= 15 is 0 Å². The van der Waals surface area contributed by atoms with Gasteiger partial charge in [-0.05, 0) is 18.8 Å². The van der Waals surface area contributed by atoms with Crippen molar-refractivity contribution in [2.24, 2.45) is 17.8 Å². The van der Waals surface area contributed by atoms with Gasteiger partial charge in [-0.15, -0.1) is 0 Å². The second kappa shape index (κ2) is 11.3. The van der Waals surface area contributed by atoms with E-state index in [1.165, 1.54) is 0 Å². The van der Waals surface area contributed by atoms with E-state index < -0.39 is 7.82 Å². The van der Waals surface area contributed by atoms with Crippen LogP contribution < -0.4 is 0 Å². The van der Waals surface area contributed by atoms with Crippen molar-refractivity contribution < 1.29 is 27.6 Å². The van der Waals surface area contributed by atoms with Crippen LogP contribution in [-0.4, -0.2) is 50.5 Å². The lowest BCUT2D eigenvalue weighted by molar-refractivity contribution is -0.182. The summed E-state index contributed by atoms with van der Waals surface area (Å²) in [4.78, 5) is 0. The Hall–Kier alpha value is 0.380. The van der Waals surface area contributed by atoms with Crippen LogP contribution in [0.2, 0.25) is 0 Å². The normalized spacial score (nSPS) is 26.2. The topological polar surface area (TPSA) is 63.2 Å². The van der Waals surface area contributed by atoms with Gasteiger partial charge in [0.2, 0.25) is 0 Å². The summed E-state index contributed by atoms with van der Waals surface area (Å²) >= 11 is 4.82. The Morgan fingerprint density at radius 3 is 2.16 bits per heavy atom. The van der Waals surface area contributed by atoms with Gasteiger partial charge in [-0.1, -0.05) is 34.6 Å². The molecule has 0 amide bonds. The molecule has 1 saturated heterocycles. The molecule has 25 heavy (non-hydrogen) atoms. The summed E-state index contributed by atoms with van der Waals surface area (Å²) in [6.45, 7) is 13.3. The van der Waals surface area contributed by atoms with E-state index in [0.29, 0.717) is 24.9 Å². The molecule has 1 heterocycles. The molecule has 0 saturated carbocycles. The van der Waals surface area contributed by atoms with Crippen molar-refractivity contribution in [3.05, 3.63) is 0 Å². The van der Waals surface area contributed by atoms with E-state index in [2.05, 4.69) is 6.92 Å². The fraction of sp³-hybridized carbons (Fsp3) is 1.00. The minimum absolute atomic E-state index is 0.0801. The summed E-state index contributed by atoms with van der Waals surface area (Å²) in [5, 5.41) is 0. The highest BCUT2D eigenvalue weighted by atomic mass is 32.1. The van der Waals surface area contributed by atoms with Gasteiger partial charge >= 0.3 is 7.82 Å².